The van der Waals surface area contributed by atoms with E-state index in [0.717, 1.165) is 11.3 Å². The predicted molar refractivity (Wildman–Crippen MR) is 99.9 cm³/mol. The largest absolute Gasteiger partial charge is 0.467 e. The molecule has 134 valence electrons. The molecule has 0 spiro atoms. The molecule has 0 radical (unpaired) electrons. The van der Waals surface area contributed by atoms with E-state index in [2.05, 4.69) is 36.1 Å². The number of methoxy groups -OCH3 is 1. The third-order valence-corrected chi connectivity index (χ3v) is 4.42. The van der Waals surface area contributed by atoms with Gasteiger partial charge in [0, 0.05) is 0 Å². The molecule has 0 aliphatic rings. The van der Waals surface area contributed by atoms with Crippen LogP contribution < -0.4 is 5.32 Å². The van der Waals surface area contributed by atoms with E-state index in [1.54, 1.807) is 0 Å². The molecule has 2 aromatic rings. The van der Waals surface area contributed by atoms with Crippen LogP contribution in [-0.2, 0) is 21.4 Å². The molecule has 0 aliphatic heterocycles. The third kappa shape index (κ3) is 4.48. The van der Waals surface area contributed by atoms with E-state index in [1.807, 2.05) is 31.2 Å². The summed E-state index contributed by atoms with van der Waals surface area (Å²) in [5.74, 6) is 0.0139. The lowest BCUT2D eigenvalue weighted by Gasteiger charge is -2.22. The molecule has 0 saturated heterocycles. The topological polar surface area (TPSA) is 64.1 Å². The second-order valence-electron chi connectivity index (χ2n) is 6.81. The van der Waals surface area contributed by atoms with Gasteiger partial charge in [0.15, 0.2) is 6.04 Å². The molecule has 6 heteroatoms. The molecule has 1 aromatic heterocycles. The molecule has 2 rings (SSSR count). The molecule has 1 aromatic carbocycles. The lowest BCUT2D eigenvalue weighted by atomic mass is 9.86. The van der Waals surface area contributed by atoms with Crippen LogP contribution in [0.5, 0.6) is 0 Å². The lowest BCUT2D eigenvalue weighted by Crippen LogP contribution is -2.23. The van der Waals surface area contributed by atoms with E-state index < -0.39 is 12.0 Å². The minimum atomic E-state index is -0.698. The molecule has 0 saturated carbocycles. The van der Waals surface area contributed by atoms with Crippen molar-refractivity contribution < 1.29 is 9.53 Å². The number of carbonyl (C=O) groups excluding carboxylic acids is 1. The monoisotopic (exact) mass is 361 g/mol. The predicted octanol–water partition coefficient (Wildman–Crippen LogP) is 4.32. The highest BCUT2D eigenvalue weighted by atomic mass is 35.5. The molecule has 25 heavy (non-hydrogen) atoms. The average Bonchev–Trinajstić information content (AvgIpc) is 2.59. The molecule has 0 amide bonds. The Morgan fingerprint density at radius 2 is 1.88 bits per heavy atom. The van der Waals surface area contributed by atoms with Gasteiger partial charge in [-0.1, -0.05) is 63.6 Å². The average molecular weight is 362 g/mol. The van der Waals surface area contributed by atoms with Gasteiger partial charge in [-0.05, 0) is 23.0 Å². The van der Waals surface area contributed by atoms with Crippen molar-refractivity contribution in [2.45, 2.75) is 45.6 Å². The van der Waals surface area contributed by atoms with Gasteiger partial charge in [-0.3, -0.25) is 0 Å². The zero-order valence-electron chi connectivity index (χ0n) is 15.3. The second kappa shape index (κ2) is 7.83. The van der Waals surface area contributed by atoms with E-state index in [-0.39, 0.29) is 5.41 Å². The summed E-state index contributed by atoms with van der Waals surface area (Å²) in [7, 11) is 1.36. The smallest absolute Gasteiger partial charge is 0.333 e. The zero-order chi connectivity index (χ0) is 18.6. The molecule has 0 bridgehead atoms. The number of rotatable bonds is 5. The van der Waals surface area contributed by atoms with Crippen molar-refractivity contribution in [3.63, 3.8) is 0 Å². The first kappa shape index (κ1) is 19.2. The lowest BCUT2D eigenvalue weighted by molar-refractivity contribution is -0.141. The minimum Gasteiger partial charge on any atom is -0.467 e. The number of aryl methyl sites for hydroxylation is 1. The van der Waals surface area contributed by atoms with Crippen molar-refractivity contribution in [2.75, 3.05) is 12.4 Å². The number of halogens is 1. The van der Waals surface area contributed by atoms with Gasteiger partial charge < -0.3 is 10.1 Å². The Morgan fingerprint density at radius 3 is 2.40 bits per heavy atom. The van der Waals surface area contributed by atoms with Gasteiger partial charge in [0.25, 0.3) is 0 Å². The Balaban J connectivity index is 2.36. The number of nitrogens with one attached hydrogen (secondary N) is 1. The maximum atomic E-state index is 12.3. The number of ether oxygens (including phenoxy) is 1. The van der Waals surface area contributed by atoms with Crippen LogP contribution in [0.1, 0.15) is 50.6 Å². The summed E-state index contributed by atoms with van der Waals surface area (Å²) < 4.78 is 4.95. The van der Waals surface area contributed by atoms with Crippen molar-refractivity contribution >= 4 is 23.4 Å². The van der Waals surface area contributed by atoms with Crippen LogP contribution in [-0.4, -0.2) is 23.0 Å². The van der Waals surface area contributed by atoms with Crippen LogP contribution in [0.3, 0.4) is 0 Å². The van der Waals surface area contributed by atoms with E-state index in [1.165, 1.54) is 19.0 Å². The SMILES string of the molecule is CCc1ncnc(NC(C(=O)OC)c2ccc(C(C)(C)C)cc2)c1Cl. The molecule has 0 aliphatic carbocycles. The van der Waals surface area contributed by atoms with Gasteiger partial charge in [-0.15, -0.1) is 0 Å². The Bertz CT molecular complexity index is 739. The minimum absolute atomic E-state index is 0.0404. The van der Waals surface area contributed by atoms with E-state index in [4.69, 9.17) is 16.3 Å². The number of nitrogens with zero attached hydrogens (tertiary/aromatic N) is 2. The number of anilines is 1. The number of hydrogen-bond donors (Lipinski definition) is 1. The van der Waals surface area contributed by atoms with Crippen LogP contribution in [0.4, 0.5) is 5.82 Å². The summed E-state index contributed by atoms with van der Waals surface area (Å²) in [5.41, 5.74) is 2.74. The number of esters is 1. The van der Waals surface area contributed by atoms with Gasteiger partial charge in [-0.25, -0.2) is 14.8 Å². The van der Waals surface area contributed by atoms with Crippen molar-refractivity contribution in [2.24, 2.45) is 0 Å². The van der Waals surface area contributed by atoms with Gasteiger partial charge in [-0.2, -0.15) is 0 Å². The fraction of sp³-hybridized carbons (Fsp3) is 0.421. The zero-order valence-corrected chi connectivity index (χ0v) is 16.0. The first-order chi connectivity index (χ1) is 11.8. The maximum Gasteiger partial charge on any atom is 0.333 e. The Labute approximate surface area is 153 Å². The van der Waals surface area contributed by atoms with E-state index in [9.17, 15) is 4.79 Å². The standard InChI is InChI=1S/C19H24ClN3O2/c1-6-14-15(20)17(22-11-21-14)23-16(18(24)25-5)12-7-9-13(10-8-12)19(2,3)4/h7-11,16H,6H2,1-5H3,(H,21,22,23). The van der Waals surface area contributed by atoms with Crippen molar-refractivity contribution in [1.29, 1.82) is 0 Å². The molecule has 1 unspecified atom stereocenters. The molecule has 0 fully saturated rings. The van der Waals surface area contributed by atoms with E-state index in [0.29, 0.717) is 17.3 Å². The molecule has 1 N–H and O–H groups in total. The fourth-order valence-electron chi connectivity index (χ4n) is 2.46. The molecule has 1 heterocycles. The van der Waals surface area contributed by atoms with Crippen LogP contribution in [0.2, 0.25) is 5.02 Å². The molecule has 5 nitrogen and oxygen atoms in total. The van der Waals surface area contributed by atoms with Gasteiger partial charge in [0.05, 0.1) is 12.8 Å². The first-order valence-corrected chi connectivity index (χ1v) is 8.60. The Kier molecular flexibility index (Phi) is 6.01. The number of aromatic nitrogens is 2. The second-order valence-corrected chi connectivity index (χ2v) is 7.19. The quantitative estimate of drug-likeness (QED) is 0.803. The number of benzene rings is 1. The highest BCUT2D eigenvalue weighted by Crippen LogP contribution is 2.29. The highest BCUT2D eigenvalue weighted by Gasteiger charge is 2.24. The first-order valence-electron chi connectivity index (χ1n) is 8.22. The third-order valence-electron chi connectivity index (χ3n) is 4.02. The summed E-state index contributed by atoms with van der Waals surface area (Å²) in [6, 6.07) is 7.18. The van der Waals surface area contributed by atoms with Crippen LogP contribution >= 0.6 is 11.6 Å². The normalized spacial score (nSPS) is 12.6. The summed E-state index contributed by atoms with van der Waals surface area (Å²) in [4.78, 5) is 20.6. The summed E-state index contributed by atoms with van der Waals surface area (Å²) in [5, 5.41) is 3.51. The summed E-state index contributed by atoms with van der Waals surface area (Å²) in [6.07, 6.45) is 2.11. The van der Waals surface area contributed by atoms with Crippen molar-refractivity contribution in [1.82, 2.24) is 9.97 Å². The van der Waals surface area contributed by atoms with Gasteiger partial charge in [0.2, 0.25) is 0 Å². The fourth-order valence-corrected chi connectivity index (χ4v) is 2.75. The summed E-state index contributed by atoms with van der Waals surface area (Å²) in [6.45, 7) is 8.39. The van der Waals surface area contributed by atoms with E-state index >= 15 is 0 Å². The molecular weight excluding hydrogens is 338 g/mol. The van der Waals surface area contributed by atoms with Crippen molar-refractivity contribution in [3.8, 4) is 0 Å². The number of hydrogen-bond acceptors (Lipinski definition) is 5. The number of carbonyl (C=O) groups is 1. The maximum absolute atomic E-state index is 12.3. The van der Waals surface area contributed by atoms with Gasteiger partial charge in [0.1, 0.15) is 17.2 Å². The van der Waals surface area contributed by atoms with Crippen LogP contribution in [0.25, 0.3) is 0 Å². The van der Waals surface area contributed by atoms with Crippen molar-refractivity contribution in [3.05, 3.63) is 52.4 Å². The highest BCUT2D eigenvalue weighted by molar-refractivity contribution is 6.33. The molecule has 1 atom stereocenters. The Morgan fingerprint density at radius 1 is 1.24 bits per heavy atom. The van der Waals surface area contributed by atoms with Gasteiger partial charge >= 0.3 is 5.97 Å². The molecular formula is C19H24ClN3O2. The van der Waals surface area contributed by atoms with Crippen LogP contribution in [0, 0.1) is 0 Å². The Hall–Kier alpha value is -2.14. The van der Waals surface area contributed by atoms with Crippen LogP contribution in [0.15, 0.2) is 30.6 Å². The summed E-state index contributed by atoms with van der Waals surface area (Å²) >= 11 is 6.33.